The number of hydrogen-bond acceptors (Lipinski definition) is 5. The van der Waals surface area contributed by atoms with Gasteiger partial charge in [-0.1, -0.05) is 6.58 Å². The third-order valence-electron chi connectivity index (χ3n) is 2.52. The molecule has 22 heavy (non-hydrogen) atoms. The molecule has 0 bridgehead atoms. The van der Waals surface area contributed by atoms with Crippen LogP contribution in [-0.4, -0.2) is 55.0 Å². The van der Waals surface area contributed by atoms with Gasteiger partial charge in [-0.2, -0.15) is 0 Å². The van der Waals surface area contributed by atoms with Crippen molar-refractivity contribution >= 4 is 23.8 Å². The maximum atomic E-state index is 11.8. The number of carbonyl (C=O) groups excluding carboxylic acids is 4. The lowest BCUT2D eigenvalue weighted by atomic mass is 10.3. The maximum absolute atomic E-state index is 11.8. The molecule has 0 aromatic heterocycles. The van der Waals surface area contributed by atoms with Crippen molar-refractivity contribution in [3.05, 3.63) is 12.2 Å². The maximum Gasteiger partial charge on any atom is 0.333 e. The van der Waals surface area contributed by atoms with Crippen molar-refractivity contribution in [3.8, 4) is 0 Å². The van der Waals surface area contributed by atoms with Gasteiger partial charge in [0.1, 0.15) is 6.61 Å². The van der Waals surface area contributed by atoms with E-state index in [2.05, 4.69) is 17.2 Å². The van der Waals surface area contributed by atoms with E-state index in [0.29, 0.717) is 13.0 Å². The van der Waals surface area contributed by atoms with Gasteiger partial charge in [0.05, 0.1) is 6.54 Å². The molecule has 0 fully saturated rings. The van der Waals surface area contributed by atoms with Crippen LogP contribution in [0.25, 0.3) is 0 Å². The summed E-state index contributed by atoms with van der Waals surface area (Å²) in [5.74, 6) is -1.11. The molecule has 0 saturated heterocycles. The van der Waals surface area contributed by atoms with Gasteiger partial charge in [0.2, 0.25) is 11.8 Å². The molecule has 2 N–H and O–H groups in total. The van der Waals surface area contributed by atoms with Crippen LogP contribution in [-0.2, 0) is 19.1 Å². The van der Waals surface area contributed by atoms with Crippen LogP contribution in [0.4, 0.5) is 4.79 Å². The minimum absolute atomic E-state index is 0.00489. The van der Waals surface area contributed by atoms with E-state index in [1.807, 2.05) is 0 Å². The number of rotatable bonds is 8. The van der Waals surface area contributed by atoms with Crippen LogP contribution >= 0.6 is 0 Å². The molecule has 4 amide bonds. The molecule has 0 aliphatic heterocycles. The smallest absolute Gasteiger partial charge is 0.333 e. The molecule has 0 unspecified atom stereocenters. The molecule has 0 aliphatic rings. The number of nitrogens with zero attached hydrogens (tertiary/aromatic N) is 1. The Morgan fingerprint density at radius 1 is 1.05 bits per heavy atom. The van der Waals surface area contributed by atoms with Crippen molar-refractivity contribution in [2.24, 2.45) is 0 Å². The van der Waals surface area contributed by atoms with Gasteiger partial charge in [0.15, 0.2) is 0 Å². The lowest BCUT2D eigenvalue weighted by Crippen LogP contribution is -2.45. The van der Waals surface area contributed by atoms with Gasteiger partial charge < -0.3 is 15.4 Å². The fourth-order valence-corrected chi connectivity index (χ4v) is 1.42. The van der Waals surface area contributed by atoms with E-state index in [4.69, 9.17) is 4.74 Å². The van der Waals surface area contributed by atoms with Crippen LogP contribution in [0.5, 0.6) is 0 Å². The standard InChI is InChI=1S/C14H23N3O5/c1-10(2)13(20)22-9-7-16-14(21)17(12(4)19)8-5-6-15-11(3)18/h1,5-9H2,2-4H3,(H,15,18)(H,16,21). The number of urea groups is 1. The normalized spacial score (nSPS) is 9.59. The van der Waals surface area contributed by atoms with E-state index in [1.165, 1.54) is 20.8 Å². The SMILES string of the molecule is C=C(C)C(=O)OCCNC(=O)N(CCCNC(C)=O)C(C)=O. The number of esters is 1. The van der Waals surface area contributed by atoms with Crippen molar-refractivity contribution in [1.82, 2.24) is 15.5 Å². The Bertz CT molecular complexity index is 448. The molecular weight excluding hydrogens is 290 g/mol. The van der Waals surface area contributed by atoms with Crippen LogP contribution in [0, 0.1) is 0 Å². The first-order valence-electron chi connectivity index (χ1n) is 6.88. The molecule has 0 saturated carbocycles. The Hall–Kier alpha value is -2.38. The minimum atomic E-state index is -0.568. The van der Waals surface area contributed by atoms with E-state index in [9.17, 15) is 19.2 Å². The predicted octanol–water partition coefficient (Wildman–Crippen LogP) is 0.190. The zero-order valence-electron chi connectivity index (χ0n) is 13.2. The summed E-state index contributed by atoms with van der Waals surface area (Å²) in [7, 11) is 0. The van der Waals surface area contributed by atoms with Crippen LogP contribution < -0.4 is 10.6 Å². The zero-order chi connectivity index (χ0) is 17.1. The summed E-state index contributed by atoms with van der Waals surface area (Å²) >= 11 is 0. The monoisotopic (exact) mass is 313 g/mol. The molecule has 0 rings (SSSR count). The molecule has 8 nitrogen and oxygen atoms in total. The summed E-state index contributed by atoms with van der Waals surface area (Å²) in [6, 6.07) is -0.568. The molecule has 0 aromatic rings. The third-order valence-corrected chi connectivity index (χ3v) is 2.52. The van der Waals surface area contributed by atoms with Crippen LogP contribution in [0.3, 0.4) is 0 Å². The highest BCUT2D eigenvalue weighted by molar-refractivity contribution is 5.93. The summed E-state index contributed by atoms with van der Waals surface area (Å²) in [6.45, 7) is 8.27. The Morgan fingerprint density at radius 3 is 2.18 bits per heavy atom. The average molecular weight is 313 g/mol. The van der Waals surface area contributed by atoms with Gasteiger partial charge in [-0.3, -0.25) is 14.5 Å². The van der Waals surface area contributed by atoms with Crippen molar-refractivity contribution in [2.75, 3.05) is 26.2 Å². The molecule has 0 aromatic carbocycles. The summed E-state index contributed by atoms with van der Waals surface area (Å²) in [4.78, 5) is 46.1. The van der Waals surface area contributed by atoms with Gasteiger partial charge in [-0.25, -0.2) is 9.59 Å². The molecule has 124 valence electrons. The molecule has 0 atom stereocenters. The van der Waals surface area contributed by atoms with Crippen LogP contribution in [0.1, 0.15) is 27.2 Å². The first-order valence-corrected chi connectivity index (χ1v) is 6.88. The second-order valence-corrected chi connectivity index (χ2v) is 4.66. The highest BCUT2D eigenvalue weighted by Gasteiger charge is 2.17. The quantitative estimate of drug-likeness (QED) is 0.378. The van der Waals surface area contributed by atoms with Crippen molar-refractivity contribution < 1.29 is 23.9 Å². The molecule has 0 heterocycles. The van der Waals surface area contributed by atoms with E-state index in [-0.39, 0.29) is 31.2 Å². The topological polar surface area (TPSA) is 105 Å². The van der Waals surface area contributed by atoms with Gasteiger partial charge in [-0.15, -0.1) is 0 Å². The lowest BCUT2D eigenvalue weighted by molar-refractivity contribution is -0.138. The minimum Gasteiger partial charge on any atom is -0.460 e. The van der Waals surface area contributed by atoms with E-state index in [0.717, 1.165) is 4.90 Å². The zero-order valence-corrected chi connectivity index (χ0v) is 13.2. The first kappa shape index (κ1) is 19.6. The van der Waals surface area contributed by atoms with Crippen LogP contribution in [0.2, 0.25) is 0 Å². The van der Waals surface area contributed by atoms with Gasteiger partial charge in [0, 0.05) is 32.5 Å². The highest BCUT2D eigenvalue weighted by Crippen LogP contribution is 1.95. The van der Waals surface area contributed by atoms with E-state index in [1.54, 1.807) is 0 Å². The van der Waals surface area contributed by atoms with Gasteiger partial charge in [0.25, 0.3) is 0 Å². The Kier molecular flexibility index (Phi) is 9.24. The molecule has 0 aliphatic carbocycles. The van der Waals surface area contributed by atoms with Crippen molar-refractivity contribution in [3.63, 3.8) is 0 Å². The van der Waals surface area contributed by atoms with Crippen LogP contribution in [0.15, 0.2) is 12.2 Å². The Balaban J connectivity index is 4.09. The largest absolute Gasteiger partial charge is 0.460 e. The third kappa shape index (κ3) is 8.72. The highest BCUT2D eigenvalue weighted by atomic mass is 16.5. The predicted molar refractivity (Wildman–Crippen MR) is 79.9 cm³/mol. The number of ether oxygens (including phenoxy) is 1. The molecule has 0 radical (unpaired) electrons. The molecule has 8 heteroatoms. The number of hydrogen-bond donors (Lipinski definition) is 2. The number of amides is 4. The van der Waals surface area contributed by atoms with Crippen molar-refractivity contribution in [2.45, 2.75) is 27.2 Å². The second kappa shape index (κ2) is 10.4. The average Bonchev–Trinajstić information content (AvgIpc) is 2.41. The fraction of sp³-hybridized carbons (Fsp3) is 0.571. The number of nitrogens with one attached hydrogen (secondary N) is 2. The fourth-order valence-electron chi connectivity index (χ4n) is 1.42. The number of imide groups is 1. The van der Waals surface area contributed by atoms with Gasteiger partial charge >= 0.3 is 12.0 Å². The second-order valence-electron chi connectivity index (χ2n) is 4.66. The lowest BCUT2D eigenvalue weighted by Gasteiger charge is -2.19. The summed E-state index contributed by atoms with van der Waals surface area (Å²) in [6.07, 6.45) is 0.456. The van der Waals surface area contributed by atoms with E-state index < -0.39 is 17.9 Å². The van der Waals surface area contributed by atoms with Gasteiger partial charge in [-0.05, 0) is 13.3 Å². The summed E-state index contributed by atoms with van der Waals surface area (Å²) in [5.41, 5.74) is 0.273. The number of carbonyl (C=O) groups is 4. The van der Waals surface area contributed by atoms with Crippen molar-refractivity contribution in [1.29, 1.82) is 0 Å². The Morgan fingerprint density at radius 2 is 1.68 bits per heavy atom. The molecule has 0 spiro atoms. The summed E-state index contributed by atoms with van der Waals surface area (Å²) < 4.78 is 4.81. The first-order chi connectivity index (χ1) is 10.3. The molecular formula is C14H23N3O5. The summed E-state index contributed by atoms with van der Waals surface area (Å²) in [5, 5.41) is 5.06. The Labute approximate surface area is 129 Å². The van der Waals surface area contributed by atoms with E-state index >= 15 is 0 Å².